The highest BCUT2D eigenvalue weighted by Crippen LogP contribution is 2.21. The van der Waals surface area contributed by atoms with Crippen molar-refractivity contribution in [1.29, 1.82) is 0 Å². The number of carbonyl (C=O) groups is 2. The maximum Gasteiger partial charge on any atom is 0.355 e. The van der Waals surface area contributed by atoms with Crippen LogP contribution in [0.25, 0.3) is 0 Å². The molecule has 0 aliphatic heterocycles. The highest BCUT2D eigenvalue weighted by atomic mass is 16.6. The number of ether oxygens (including phenoxy) is 2. The molecule has 0 aliphatic carbocycles. The highest BCUT2D eigenvalue weighted by Gasteiger charge is 2.29. The maximum absolute atomic E-state index is 12.5. The summed E-state index contributed by atoms with van der Waals surface area (Å²) < 4.78 is 12.0. The molecule has 1 unspecified atom stereocenters. The van der Waals surface area contributed by atoms with Crippen LogP contribution in [0.2, 0.25) is 0 Å². The molecule has 0 fully saturated rings. The lowest BCUT2D eigenvalue weighted by molar-refractivity contribution is -0.153. The van der Waals surface area contributed by atoms with Crippen LogP contribution in [0.4, 0.5) is 0 Å². The van der Waals surface area contributed by atoms with Crippen LogP contribution in [0.15, 0.2) is 48.7 Å². The smallest absolute Gasteiger partial charge is 0.355 e. The van der Waals surface area contributed by atoms with Crippen molar-refractivity contribution < 1.29 is 19.1 Å². The van der Waals surface area contributed by atoms with E-state index in [2.05, 4.69) is 0 Å². The van der Waals surface area contributed by atoms with E-state index in [1.54, 1.807) is 26.0 Å². The standard InChI is InChI=1S/C19H23NO4/c1-13(2)17(19(22)23-4)24-18(21)16-11-8-12-20(16)14(3)15-9-6-5-7-10-15/h5-14,17H,1-4H3/t14-,17?/m1/s1. The summed E-state index contributed by atoms with van der Waals surface area (Å²) in [5.74, 6) is -1.25. The van der Waals surface area contributed by atoms with Gasteiger partial charge in [0, 0.05) is 12.1 Å². The molecule has 2 aromatic rings. The molecule has 0 saturated heterocycles. The van der Waals surface area contributed by atoms with Gasteiger partial charge in [-0.25, -0.2) is 9.59 Å². The fourth-order valence-corrected chi connectivity index (χ4v) is 2.54. The average molecular weight is 329 g/mol. The first-order valence-electron chi connectivity index (χ1n) is 7.96. The van der Waals surface area contributed by atoms with E-state index in [1.807, 2.05) is 48.0 Å². The number of hydrogen-bond donors (Lipinski definition) is 0. The third-order valence-electron chi connectivity index (χ3n) is 3.96. The fraction of sp³-hybridized carbons (Fsp3) is 0.368. The molecule has 1 aromatic carbocycles. The van der Waals surface area contributed by atoms with Crippen molar-refractivity contribution >= 4 is 11.9 Å². The van der Waals surface area contributed by atoms with E-state index in [1.165, 1.54) is 7.11 Å². The first-order chi connectivity index (χ1) is 11.5. The number of benzene rings is 1. The first-order valence-corrected chi connectivity index (χ1v) is 7.96. The van der Waals surface area contributed by atoms with Gasteiger partial charge in [-0.3, -0.25) is 0 Å². The van der Waals surface area contributed by atoms with Crippen LogP contribution in [0, 0.1) is 5.92 Å². The molecule has 0 amide bonds. The number of aromatic nitrogens is 1. The van der Waals surface area contributed by atoms with E-state index in [-0.39, 0.29) is 12.0 Å². The van der Waals surface area contributed by atoms with Crippen molar-refractivity contribution in [3.8, 4) is 0 Å². The summed E-state index contributed by atoms with van der Waals surface area (Å²) >= 11 is 0. The van der Waals surface area contributed by atoms with Gasteiger partial charge in [-0.2, -0.15) is 0 Å². The van der Waals surface area contributed by atoms with E-state index in [9.17, 15) is 9.59 Å². The van der Waals surface area contributed by atoms with Gasteiger partial charge in [0.15, 0.2) is 0 Å². The normalized spacial score (nSPS) is 13.4. The van der Waals surface area contributed by atoms with Gasteiger partial charge in [-0.15, -0.1) is 0 Å². The number of nitrogens with zero attached hydrogens (tertiary/aromatic N) is 1. The molecule has 0 aliphatic rings. The minimum atomic E-state index is -0.919. The number of methoxy groups -OCH3 is 1. The lowest BCUT2D eigenvalue weighted by Crippen LogP contribution is -2.33. The first kappa shape index (κ1) is 17.8. The van der Waals surface area contributed by atoms with Crippen LogP contribution in [0.3, 0.4) is 0 Å². The maximum atomic E-state index is 12.5. The van der Waals surface area contributed by atoms with Gasteiger partial charge in [-0.1, -0.05) is 44.2 Å². The largest absolute Gasteiger partial charge is 0.466 e. The second kappa shape index (κ2) is 7.81. The van der Waals surface area contributed by atoms with Crippen molar-refractivity contribution in [2.24, 2.45) is 5.92 Å². The predicted octanol–water partition coefficient (Wildman–Crippen LogP) is 3.45. The molecular formula is C19H23NO4. The Balaban J connectivity index is 2.23. The number of esters is 2. The number of carbonyl (C=O) groups excluding carboxylic acids is 2. The topological polar surface area (TPSA) is 57.5 Å². The van der Waals surface area contributed by atoms with Crippen molar-refractivity contribution in [2.45, 2.75) is 32.9 Å². The van der Waals surface area contributed by atoms with Gasteiger partial charge in [0.2, 0.25) is 6.10 Å². The molecule has 0 radical (unpaired) electrons. The van der Waals surface area contributed by atoms with Crippen LogP contribution in [0.5, 0.6) is 0 Å². The Morgan fingerprint density at radius 3 is 2.25 bits per heavy atom. The Kier molecular flexibility index (Phi) is 5.79. The second-order valence-corrected chi connectivity index (χ2v) is 5.98. The minimum Gasteiger partial charge on any atom is -0.466 e. The van der Waals surface area contributed by atoms with Crippen LogP contribution in [0.1, 0.15) is 42.9 Å². The summed E-state index contributed by atoms with van der Waals surface area (Å²) in [6.45, 7) is 5.62. The summed E-state index contributed by atoms with van der Waals surface area (Å²) in [6.07, 6.45) is 0.912. The van der Waals surface area contributed by atoms with E-state index >= 15 is 0 Å². The Hall–Kier alpha value is -2.56. The molecule has 5 nitrogen and oxygen atoms in total. The van der Waals surface area contributed by atoms with Crippen molar-refractivity contribution in [1.82, 2.24) is 4.57 Å². The highest BCUT2D eigenvalue weighted by molar-refractivity contribution is 5.90. The molecular weight excluding hydrogens is 306 g/mol. The zero-order valence-corrected chi connectivity index (χ0v) is 14.4. The zero-order valence-electron chi connectivity index (χ0n) is 14.4. The second-order valence-electron chi connectivity index (χ2n) is 5.98. The monoisotopic (exact) mass is 329 g/mol. The van der Waals surface area contributed by atoms with E-state index < -0.39 is 18.0 Å². The van der Waals surface area contributed by atoms with Crippen molar-refractivity contribution in [3.63, 3.8) is 0 Å². The minimum absolute atomic E-state index is 0.0284. The molecule has 5 heteroatoms. The van der Waals surface area contributed by atoms with Gasteiger partial charge in [0.25, 0.3) is 0 Å². The molecule has 0 bridgehead atoms. The van der Waals surface area contributed by atoms with Gasteiger partial charge < -0.3 is 14.0 Å². The molecule has 1 heterocycles. The summed E-state index contributed by atoms with van der Waals surface area (Å²) in [4.78, 5) is 24.3. The molecule has 2 atom stereocenters. The summed E-state index contributed by atoms with van der Waals surface area (Å²) in [7, 11) is 1.28. The summed E-state index contributed by atoms with van der Waals surface area (Å²) in [5.41, 5.74) is 1.48. The van der Waals surface area contributed by atoms with Crippen LogP contribution in [-0.4, -0.2) is 29.7 Å². The molecule has 0 N–H and O–H groups in total. The molecule has 0 spiro atoms. The van der Waals surface area contributed by atoms with Gasteiger partial charge in [-0.05, 0) is 24.6 Å². The Morgan fingerprint density at radius 2 is 1.67 bits per heavy atom. The molecule has 1 aromatic heterocycles. The van der Waals surface area contributed by atoms with E-state index in [0.29, 0.717) is 5.69 Å². The quantitative estimate of drug-likeness (QED) is 0.762. The molecule has 128 valence electrons. The SMILES string of the molecule is COC(=O)C(OC(=O)c1cccn1[C@H](C)c1ccccc1)C(C)C. The van der Waals surface area contributed by atoms with Gasteiger partial charge >= 0.3 is 11.9 Å². The summed E-state index contributed by atoms with van der Waals surface area (Å²) in [6, 6.07) is 13.3. The Bertz CT molecular complexity index is 690. The predicted molar refractivity (Wildman–Crippen MR) is 90.7 cm³/mol. The van der Waals surface area contributed by atoms with Crippen molar-refractivity contribution in [2.75, 3.05) is 7.11 Å². The molecule has 24 heavy (non-hydrogen) atoms. The average Bonchev–Trinajstić information content (AvgIpc) is 3.08. The zero-order chi connectivity index (χ0) is 17.7. The molecule has 2 rings (SSSR count). The van der Waals surface area contributed by atoms with Crippen LogP contribution < -0.4 is 0 Å². The van der Waals surface area contributed by atoms with E-state index in [4.69, 9.17) is 9.47 Å². The van der Waals surface area contributed by atoms with Crippen LogP contribution in [-0.2, 0) is 14.3 Å². The number of hydrogen-bond acceptors (Lipinski definition) is 4. The fourth-order valence-electron chi connectivity index (χ4n) is 2.54. The summed E-state index contributed by atoms with van der Waals surface area (Å²) in [5, 5.41) is 0. The third-order valence-corrected chi connectivity index (χ3v) is 3.96. The van der Waals surface area contributed by atoms with Gasteiger partial charge in [0.05, 0.1) is 13.2 Å². The Morgan fingerprint density at radius 1 is 1.00 bits per heavy atom. The van der Waals surface area contributed by atoms with Crippen molar-refractivity contribution in [3.05, 3.63) is 59.9 Å². The third kappa shape index (κ3) is 3.85. The number of rotatable bonds is 6. The Labute approximate surface area is 142 Å². The van der Waals surface area contributed by atoms with Gasteiger partial charge in [0.1, 0.15) is 5.69 Å². The lowest BCUT2D eigenvalue weighted by Gasteiger charge is -2.21. The molecule has 0 saturated carbocycles. The van der Waals surface area contributed by atoms with E-state index in [0.717, 1.165) is 5.56 Å². The lowest BCUT2D eigenvalue weighted by atomic mass is 10.1. The van der Waals surface area contributed by atoms with Crippen LogP contribution >= 0.6 is 0 Å².